The number of fused-ring (bicyclic) bond motifs is 1. The van der Waals surface area contributed by atoms with E-state index in [4.69, 9.17) is 21.1 Å². The number of thiazole rings is 1. The van der Waals surface area contributed by atoms with Crippen LogP contribution in [0, 0.1) is 0 Å². The molecule has 36 heavy (non-hydrogen) atoms. The SMILES string of the molecule is CCOC(=O)C1=C(C(F)(F)F)N=c2s/c(=C\c3cccc(OC)c3O)c(=O)n2[C@H]1c1ccc(Cl)cc1. The van der Waals surface area contributed by atoms with Crippen molar-refractivity contribution in [3.63, 3.8) is 0 Å². The zero-order valence-electron chi connectivity index (χ0n) is 18.8. The second-order valence-electron chi connectivity index (χ2n) is 7.51. The van der Waals surface area contributed by atoms with Crippen molar-refractivity contribution in [2.45, 2.75) is 19.1 Å². The van der Waals surface area contributed by atoms with Gasteiger partial charge in [0.25, 0.3) is 5.56 Å². The van der Waals surface area contributed by atoms with Crippen LogP contribution in [-0.2, 0) is 9.53 Å². The molecule has 1 aliphatic heterocycles. The van der Waals surface area contributed by atoms with Crippen molar-refractivity contribution in [2.24, 2.45) is 4.99 Å². The maximum atomic E-state index is 14.1. The summed E-state index contributed by atoms with van der Waals surface area (Å²) in [5.41, 5.74) is -2.55. The van der Waals surface area contributed by atoms with Crippen molar-refractivity contribution >= 4 is 35.0 Å². The maximum absolute atomic E-state index is 14.1. The maximum Gasteiger partial charge on any atom is 0.434 e. The van der Waals surface area contributed by atoms with Gasteiger partial charge in [-0.25, -0.2) is 9.79 Å². The van der Waals surface area contributed by atoms with Crippen LogP contribution in [0.25, 0.3) is 6.08 Å². The average molecular weight is 539 g/mol. The number of hydrogen-bond acceptors (Lipinski definition) is 7. The number of aromatic nitrogens is 1. The molecule has 4 rings (SSSR count). The highest BCUT2D eigenvalue weighted by atomic mass is 35.5. The molecule has 0 amide bonds. The molecule has 7 nitrogen and oxygen atoms in total. The third-order valence-corrected chi connectivity index (χ3v) is 6.55. The molecule has 12 heteroatoms. The number of phenols is 1. The largest absolute Gasteiger partial charge is 0.504 e. The predicted octanol–water partition coefficient (Wildman–Crippen LogP) is 3.71. The second kappa shape index (κ2) is 9.82. The Hall–Kier alpha value is -3.57. The predicted molar refractivity (Wildman–Crippen MR) is 127 cm³/mol. The molecule has 1 N–H and O–H groups in total. The molecule has 0 aliphatic carbocycles. The molecule has 0 saturated heterocycles. The molecule has 3 aromatic rings. The first-order chi connectivity index (χ1) is 17.1. The minimum absolute atomic E-state index is 0.0112. The first-order valence-electron chi connectivity index (χ1n) is 10.5. The van der Waals surface area contributed by atoms with Crippen molar-refractivity contribution in [3.8, 4) is 11.5 Å². The van der Waals surface area contributed by atoms with Crippen molar-refractivity contribution in [1.82, 2.24) is 4.57 Å². The number of para-hydroxylation sites is 1. The number of alkyl halides is 3. The van der Waals surface area contributed by atoms with E-state index in [0.29, 0.717) is 16.4 Å². The van der Waals surface area contributed by atoms with E-state index in [1.54, 1.807) is 6.07 Å². The molecule has 2 heterocycles. The third kappa shape index (κ3) is 4.63. The number of rotatable bonds is 5. The van der Waals surface area contributed by atoms with Crippen molar-refractivity contribution in [1.29, 1.82) is 0 Å². The summed E-state index contributed by atoms with van der Waals surface area (Å²) in [5.74, 6) is -1.34. The lowest BCUT2D eigenvalue weighted by molar-refractivity contribution is -0.140. The van der Waals surface area contributed by atoms with Gasteiger partial charge < -0.3 is 14.6 Å². The molecule has 0 bridgehead atoms. The minimum Gasteiger partial charge on any atom is -0.504 e. The van der Waals surface area contributed by atoms with Crippen LogP contribution in [0.4, 0.5) is 13.2 Å². The van der Waals surface area contributed by atoms with E-state index in [2.05, 4.69) is 4.99 Å². The van der Waals surface area contributed by atoms with Gasteiger partial charge in [0.2, 0.25) is 0 Å². The first kappa shape index (κ1) is 25.5. The van der Waals surface area contributed by atoms with Crippen molar-refractivity contribution in [2.75, 3.05) is 13.7 Å². The molecule has 1 atom stereocenters. The summed E-state index contributed by atoms with van der Waals surface area (Å²) >= 11 is 6.65. The topological polar surface area (TPSA) is 90.1 Å². The molecule has 0 radical (unpaired) electrons. The summed E-state index contributed by atoms with van der Waals surface area (Å²) in [7, 11) is 1.36. The Labute approximate surface area is 211 Å². The number of methoxy groups -OCH3 is 1. The molecular formula is C24H18ClF3N2O5S. The van der Waals surface area contributed by atoms with Gasteiger partial charge in [-0.05, 0) is 36.8 Å². The third-order valence-electron chi connectivity index (χ3n) is 5.32. The zero-order chi connectivity index (χ0) is 26.2. The van der Waals surface area contributed by atoms with Crippen LogP contribution in [0.2, 0.25) is 5.02 Å². The Kier molecular flexibility index (Phi) is 6.96. The molecular weight excluding hydrogens is 521 g/mol. The fourth-order valence-electron chi connectivity index (χ4n) is 3.76. The second-order valence-corrected chi connectivity index (χ2v) is 8.96. The highest BCUT2D eigenvalue weighted by Gasteiger charge is 2.45. The lowest BCUT2D eigenvalue weighted by Gasteiger charge is -2.26. The number of ether oxygens (including phenoxy) is 2. The Bertz CT molecular complexity index is 1540. The van der Waals surface area contributed by atoms with E-state index >= 15 is 0 Å². The van der Waals surface area contributed by atoms with Crippen LogP contribution in [0.5, 0.6) is 11.5 Å². The number of halogens is 4. The van der Waals surface area contributed by atoms with Crippen LogP contribution < -0.4 is 19.6 Å². The number of carbonyl (C=O) groups excluding carboxylic acids is 1. The molecule has 0 unspecified atom stereocenters. The normalized spacial score (nSPS) is 15.9. The van der Waals surface area contributed by atoms with E-state index in [9.17, 15) is 27.9 Å². The van der Waals surface area contributed by atoms with Crippen LogP contribution in [0.3, 0.4) is 0 Å². The number of esters is 1. The van der Waals surface area contributed by atoms with E-state index in [-0.39, 0.29) is 38.6 Å². The highest BCUT2D eigenvalue weighted by molar-refractivity contribution is 7.07. The number of aromatic hydroxyl groups is 1. The monoisotopic (exact) mass is 538 g/mol. The van der Waals surface area contributed by atoms with Crippen molar-refractivity contribution < 1.29 is 32.5 Å². The molecule has 0 spiro atoms. The highest BCUT2D eigenvalue weighted by Crippen LogP contribution is 2.38. The summed E-state index contributed by atoms with van der Waals surface area (Å²) in [5, 5.41) is 10.7. The van der Waals surface area contributed by atoms with Gasteiger partial charge in [0, 0.05) is 10.6 Å². The molecule has 1 aromatic heterocycles. The number of benzene rings is 2. The van der Waals surface area contributed by atoms with E-state index in [1.807, 2.05) is 0 Å². The van der Waals surface area contributed by atoms with Crippen molar-refractivity contribution in [3.05, 3.63) is 89.6 Å². The van der Waals surface area contributed by atoms with Gasteiger partial charge in [-0.3, -0.25) is 9.36 Å². The van der Waals surface area contributed by atoms with Crippen LogP contribution in [0.15, 0.2) is 63.5 Å². The smallest absolute Gasteiger partial charge is 0.434 e. The van der Waals surface area contributed by atoms with Gasteiger partial charge in [-0.2, -0.15) is 13.2 Å². The number of allylic oxidation sites excluding steroid dienone is 1. The minimum atomic E-state index is -5.01. The van der Waals surface area contributed by atoms with E-state index in [1.165, 1.54) is 56.5 Å². The summed E-state index contributed by atoms with van der Waals surface area (Å²) in [6, 6.07) is 8.86. The van der Waals surface area contributed by atoms with Gasteiger partial charge >= 0.3 is 12.1 Å². The Morgan fingerprint density at radius 2 is 1.94 bits per heavy atom. The van der Waals surface area contributed by atoms with Crippen LogP contribution >= 0.6 is 22.9 Å². The Morgan fingerprint density at radius 3 is 2.56 bits per heavy atom. The Morgan fingerprint density at radius 1 is 1.25 bits per heavy atom. The number of carbonyl (C=O) groups is 1. The van der Waals surface area contributed by atoms with E-state index < -0.39 is 35.0 Å². The fourth-order valence-corrected chi connectivity index (χ4v) is 4.88. The molecule has 2 aromatic carbocycles. The van der Waals surface area contributed by atoms with Crippen LogP contribution in [-0.4, -0.2) is 35.5 Å². The standard InChI is InChI=1S/C24H18ClF3N2O5S/c1-3-35-22(33)17-18(12-7-9-14(25)10-8-12)30-21(32)16(36-23(30)29-20(17)24(26,27)28)11-13-5-4-6-15(34-2)19(13)31/h4-11,18,31H,3H2,1-2H3/b16-11-/t18-/m0/s1. The van der Waals surface area contributed by atoms with Gasteiger partial charge in [0.1, 0.15) is 0 Å². The summed E-state index contributed by atoms with van der Waals surface area (Å²) in [6.07, 6.45) is -3.69. The molecule has 188 valence electrons. The lowest BCUT2D eigenvalue weighted by atomic mass is 9.95. The molecule has 0 fully saturated rings. The van der Waals surface area contributed by atoms with Gasteiger partial charge in [-0.15, -0.1) is 0 Å². The van der Waals surface area contributed by atoms with Crippen LogP contribution in [0.1, 0.15) is 24.1 Å². The lowest BCUT2D eigenvalue weighted by Crippen LogP contribution is -2.41. The fraction of sp³-hybridized carbons (Fsp3) is 0.208. The number of phenolic OH excluding ortho intramolecular Hbond substituents is 1. The van der Waals surface area contributed by atoms with E-state index in [0.717, 1.165) is 4.57 Å². The zero-order valence-corrected chi connectivity index (χ0v) is 20.4. The van der Waals surface area contributed by atoms with Gasteiger partial charge in [-0.1, -0.05) is 47.2 Å². The quantitative estimate of drug-likeness (QED) is 0.500. The summed E-state index contributed by atoms with van der Waals surface area (Å²) in [4.78, 5) is 29.7. The number of hydrogen-bond donors (Lipinski definition) is 1. The molecule has 1 aliphatic rings. The summed E-state index contributed by atoms with van der Waals surface area (Å²) < 4.78 is 53.3. The Balaban J connectivity index is 2.05. The summed E-state index contributed by atoms with van der Waals surface area (Å²) in [6.45, 7) is 1.28. The van der Waals surface area contributed by atoms with Gasteiger partial charge in [0.05, 0.1) is 29.9 Å². The van der Waals surface area contributed by atoms with Gasteiger partial charge in [0.15, 0.2) is 22.0 Å². The average Bonchev–Trinajstić information content (AvgIpc) is 3.14. The first-order valence-corrected chi connectivity index (χ1v) is 11.7. The molecule has 0 saturated carbocycles. The number of nitrogens with zero attached hydrogens (tertiary/aromatic N) is 2.